The van der Waals surface area contributed by atoms with Gasteiger partial charge in [-0.3, -0.25) is 4.79 Å². The predicted octanol–water partition coefficient (Wildman–Crippen LogP) is 3.62. The highest BCUT2D eigenvalue weighted by Crippen LogP contribution is 2.20. The molecule has 1 saturated heterocycles. The number of rotatable bonds is 5. The molecular weight excluding hydrogens is 292 g/mol. The first-order chi connectivity index (χ1) is 10.7. The van der Waals surface area contributed by atoms with Gasteiger partial charge in [0.15, 0.2) is 0 Å². The number of likely N-dealkylation sites (tertiary alicyclic amines) is 1. The Labute approximate surface area is 136 Å². The largest absolute Gasteiger partial charge is 0.343 e. The molecule has 22 heavy (non-hydrogen) atoms. The first-order valence-electron chi connectivity index (χ1n) is 7.86. The van der Waals surface area contributed by atoms with E-state index in [1.54, 1.807) is 0 Å². The molecular formula is C18H22N2OS. The van der Waals surface area contributed by atoms with Crippen molar-refractivity contribution >= 4 is 17.2 Å². The maximum absolute atomic E-state index is 12.6. The molecule has 1 atom stereocenters. The second-order valence-corrected chi connectivity index (χ2v) is 6.79. The Balaban J connectivity index is 1.76. The van der Waals surface area contributed by atoms with Crippen molar-refractivity contribution in [2.45, 2.75) is 25.8 Å². The molecule has 1 N–H and O–H groups in total. The fraction of sp³-hybridized carbons (Fsp3) is 0.389. The average molecular weight is 314 g/mol. The van der Waals surface area contributed by atoms with Crippen LogP contribution in [0.25, 0.3) is 0 Å². The Bertz CT molecular complexity index is 617. The lowest BCUT2D eigenvalue weighted by Gasteiger charge is -2.25. The number of nitrogens with one attached hydrogen (secondary N) is 1. The van der Waals surface area contributed by atoms with Gasteiger partial charge >= 0.3 is 0 Å². The normalized spacial score (nSPS) is 16.6. The van der Waals surface area contributed by atoms with Gasteiger partial charge in [0.05, 0.1) is 10.9 Å². The van der Waals surface area contributed by atoms with Gasteiger partial charge in [-0.25, -0.2) is 0 Å². The summed E-state index contributed by atoms with van der Waals surface area (Å²) in [4.78, 5) is 15.8. The monoisotopic (exact) mass is 314 g/mol. The van der Waals surface area contributed by atoms with E-state index in [1.165, 1.54) is 29.7 Å². The summed E-state index contributed by atoms with van der Waals surface area (Å²) in [6.45, 7) is 5.15. The minimum absolute atomic E-state index is 0.0422. The zero-order valence-electron chi connectivity index (χ0n) is 12.9. The molecule has 1 fully saturated rings. The van der Waals surface area contributed by atoms with E-state index in [0.29, 0.717) is 0 Å². The van der Waals surface area contributed by atoms with Gasteiger partial charge in [-0.1, -0.05) is 30.3 Å². The Morgan fingerprint density at radius 2 is 1.95 bits per heavy atom. The molecule has 2 heterocycles. The van der Waals surface area contributed by atoms with Crippen LogP contribution in [0.15, 0.2) is 41.8 Å². The number of hydrogen-bond donors (Lipinski definition) is 1. The van der Waals surface area contributed by atoms with Crippen LogP contribution in [-0.4, -0.2) is 30.4 Å². The topological polar surface area (TPSA) is 32.3 Å². The molecule has 0 radical (unpaired) electrons. The van der Waals surface area contributed by atoms with E-state index >= 15 is 0 Å². The van der Waals surface area contributed by atoms with Crippen LogP contribution >= 0.6 is 11.3 Å². The number of nitrogens with zero attached hydrogens (tertiary/aromatic N) is 1. The van der Waals surface area contributed by atoms with Gasteiger partial charge in [-0.05, 0) is 55.4 Å². The molecule has 0 spiro atoms. The summed E-state index contributed by atoms with van der Waals surface area (Å²) in [5.41, 5.74) is 2.23. The molecule has 4 heteroatoms. The lowest BCUT2D eigenvalue weighted by molar-refractivity contribution is 0.0931. The first-order valence-corrected chi connectivity index (χ1v) is 8.74. The van der Waals surface area contributed by atoms with Crippen LogP contribution in [0.4, 0.5) is 0 Å². The summed E-state index contributed by atoms with van der Waals surface area (Å²) in [7, 11) is 0. The van der Waals surface area contributed by atoms with E-state index in [2.05, 4.69) is 22.3 Å². The fourth-order valence-electron chi connectivity index (χ4n) is 2.97. The van der Waals surface area contributed by atoms with Gasteiger partial charge in [0.2, 0.25) is 0 Å². The Morgan fingerprint density at radius 3 is 2.59 bits per heavy atom. The van der Waals surface area contributed by atoms with E-state index in [1.807, 2.05) is 36.6 Å². The lowest BCUT2D eigenvalue weighted by Crippen LogP contribution is -2.36. The summed E-state index contributed by atoms with van der Waals surface area (Å²) in [6.07, 6.45) is 2.53. The number of hydrogen-bond acceptors (Lipinski definition) is 3. The summed E-state index contributed by atoms with van der Waals surface area (Å²) >= 11 is 1.51. The Hall–Kier alpha value is -1.65. The van der Waals surface area contributed by atoms with Crippen LogP contribution in [0.3, 0.4) is 0 Å². The SMILES string of the molecule is Cc1ccsc1C(=O)NC(CN1CCCC1)c1ccccc1. The molecule has 1 amide bonds. The van der Waals surface area contributed by atoms with Crippen molar-refractivity contribution in [1.29, 1.82) is 0 Å². The summed E-state index contributed by atoms with van der Waals surface area (Å²) in [5.74, 6) is 0.0422. The minimum Gasteiger partial charge on any atom is -0.343 e. The van der Waals surface area contributed by atoms with Crippen molar-refractivity contribution in [3.63, 3.8) is 0 Å². The van der Waals surface area contributed by atoms with E-state index in [9.17, 15) is 4.79 Å². The van der Waals surface area contributed by atoms with Crippen LogP contribution in [0.2, 0.25) is 0 Å². The third-order valence-electron chi connectivity index (χ3n) is 4.22. The number of carbonyl (C=O) groups excluding carboxylic acids is 1. The van der Waals surface area contributed by atoms with Crippen molar-refractivity contribution in [3.8, 4) is 0 Å². The summed E-state index contributed by atoms with van der Waals surface area (Å²) in [6, 6.07) is 12.3. The summed E-state index contributed by atoms with van der Waals surface area (Å²) < 4.78 is 0. The Morgan fingerprint density at radius 1 is 1.23 bits per heavy atom. The third kappa shape index (κ3) is 3.57. The van der Waals surface area contributed by atoms with E-state index in [4.69, 9.17) is 0 Å². The van der Waals surface area contributed by atoms with Crippen LogP contribution in [0.1, 0.15) is 39.7 Å². The maximum Gasteiger partial charge on any atom is 0.262 e. The third-order valence-corrected chi connectivity index (χ3v) is 5.23. The van der Waals surface area contributed by atoms with Gasteiger partial charge in [0.1, 0.15) is 0 Å². The van der Waals surface area contributed by atoms with Gasteiger partial charge in [-0.15, -0.1) is 11.3 Å². The molecule has 2 aromatic rings. The molecule has 1 aliphatic rings. The minimum atomic E-state index is 0.0422. The van der Waals surface area contributed by atoms with Gasteiger partial charge < -0.3 is 10.2 Å². The highest BCUT2D eigenvalue weighted by atomic mass is 32.1. The Kier molecular flexibility index (Phi) is 4.90. The zero-order chi connectivity index (χ0) is 15.4. The van der Waals surface area contributed by atoms with Crippen molar-refractivity contribution < 1.29 is 4.79 Å². The number of amides is 1. The molecule has 0 saturated carbocycles. The van der Waals surface area contributed by atoms with Gasteiger partial charge in [0, 0.05) is 6.54 Å². The molecule has 116 valence electrons. The average Bonchev–Trinajstić information content (AvgIpc) is 3.19. The molecule has 0 aliphatic carbocycles. The predicted molar refractivity (Wildman–Crippen MR) is 91.4 cm³/mol. The number of aryl methyl sites for hydroxylation is 1. The first kappa shape index (κ1) is 15.3. The van der Waals surface area contributed by atoms with E-state index in [-0.39, 0.29) is 11.9 Å². The van der Waals surface area contributed by atoms with Crippen molar-refractivity contribution in [1.82, 2.24) is 10.2 Å². The molecule has 1 unspecified atom stereocenters. The molecule has 3 nitrogen and oxygen atoms in total. The lowest BCUT2D eigenvalue weighted by atomic mass is 10.1. The maximum atomic E-state index is 12.6. The number of thiophene rings is 1. The van der Waals surface area contributed by atoms with Crippen LogP contribution in [0.5, 0.6) is 0 Å². The van der Waals surface area contributed by atoms with Gasteiger partial charge in [-0.2, -0.15) is 0 Å². The molecule has 1 aromatic heterocycles. The van der Waals surface area contributed by atoms with Gasteiger partial charge in [0.25, 0.3) is 5.91 Å². The second kappa shape index (κ2) is 7.07. The number of carbonyl (C=O) groups is 1. The van der Waals surface area contributed by atoms with Crippen molar-refractivity contribution in [3.05, 3.63) is 57.8 Å². The smallest absolute Gasteiger partial charge is 0.262 e. The van der Waals surface area contributed by atoms with Crippen molar-refractivity contribution in [2.24, 2.45) is 0 Å². The zero-order valence-corrected chi connectivity index (χ0v) is 13.7. The van der Waals surface area contributed by atoms with E-state index < -0.39 is 0 Å². The quantitative estimate of drug-likeness (QED) is 0.914. The van der Waals surface area contributed by atoms with Crippen LogP contribution in [-0.2, 0) is 0 Å². The van der Waals surface area contributed by atoms with Crippen LogP contribution in [0, 0.1) is 6.92 Å². The standard InChI is InChI=1S/C18H22N2OS/c1-14-9-12-22-17(14)18(21)19-16(13-20-10-5-6-11-20)15-7-3-2-4-8-15/h2-4,7-9,12,16H,5-6,10-11,13H2,1H3,(H,19,21). The summed E-state index contributed by atoms with van der Waals surface area (Å²) in [5, 5.41) is 5.21. The van der Waals surface area contributed by atoms with E-state index in [0.717, 1.165) is 30.1 Å². The molecule has 3 rings (SSSR count). The number of benzene rings is 1. The fourth-order valence-corrected chi connectivity index (χ4v) is 3.80. The highest BCUT2D eigenvalue weighted by Gasteiger charge is 2.22. The molecule has 1 aromatic carbocycles. The molecule has 0 bridgehead atoms. The van der Waals surface area contributed by atoms with Crippen molar-refractivity contribution in [2.75, 3.05) is 19.6 Å². The molecule has 1 aliphatic heterocycles. The van der Waals surface area contributed by atoms with Crippen LogP contribution < -0.4 is 5.32 Å². The highest BCUT2D eigenvalue weighted by molar-refractivity contribution is 7.12. The second-order valence-electron chi connectivity index (χ2n) is 5.88.